The van der Waals surface area contributed by atoms with Crippen LogP contribution >= 0.6 is 0 Å². The van der Waals surface area contributed by atoms with Crippen LogP contribution in [0.5, 0.6) is 0 Å². The van der Waals surface area contributed by atoms with Gasteiger partial charge in [0.05, 0.1) is 16.8 Å². The number of aryl methyl sites for hydroxylation is 1. The summed E-state index contributed by atoms with van der Waals surface area (Å²) >= 11 is 0. The summed E-state index contributed by atoms with van der Waals surface area (Å²) in [6, 6.07) is 14.7. The molecule has 1 N–H and O–H groups in total. The standard InChI is InChI=1S/C22H15F3N4O3/c1-28-12-26-27-20(28)18-14(13-6-3-2-4-7-13)8-5-9-16(18)29-17(30)11-10-15(22(23,24)25)19(29)21(31)32/h2-12H,1H3,(H,31,32). The van der Waals surface area contributed by atoms with Crippen LogP contribution in [0.3, 0.4) is 0 Å². The summed E-state index contributed by atoms with van der Waals surface area (Å²) in [5, 5.41) is 17.6. The first-order chi connectivity index (χ1) is 15.2. The summed E-state index contributed by atoms with van der Waals surface area (Å²) < 4.78 is 42.9. The van der Waals surface area contributed by atoms with Crippen molar-refractivity contribution in [1.29, 1.82) is 0 Å². The predicted molar refractivity (Wildman–Crippen MR) is 109 cm³/mol. The summed E-state index contributed by atoms with van der Waals surface area (Å²) in [5.41, 5.74) is -2.09. The second-order valence-corrected chi connectivity index (χ2v) is 6.90. The molecule has 4 aromatic rings. The van der Waals surface area contributed by atoms with Crippen LogP contribution in [0.2, 0.25) is 0 Å². The monoisotopic (exact) mass is 440 g/mol. The molecule has 0 aliphatic rings. The Morgan fingerprint density at radius 1 is 1.00 bits per heavy atom. The van der Waals surface area contributed by atoms with Gasteiger partial charge in [-0.15, -0.1) is 10.2 Å². The van der Waals surface area contributed by atoms with Gasteiger partial charge in [-0.05, 0) is 23.3 Å². The number of carbonyl (C=O) groups is 1. The Balaban J connectivity index is 2.17. The van der Waals surface area contributed by atoms with E-state index in [1.165, 1.54) is 23.0 Å². The highest BCUT2D eigenvalue weighted by atomic mass is 19.4. The highest BCUT2D eigenvalue weighted by molar-refractivity contribution is 5.91. The third-order valence-corrected chi connectivity index (χ3v) is 4.90. The van der Waals surface area contributed by atoms with E-state index in [9.17, 15) is 27.9 Å². The van der Waals surface area contributed by atoms with E-state index in [-0.39, 0.29) is 17.1 Å². The van der Waals surface area contributed by atoms with E-state index < -0.39 is 29.0 Å². The maximum Gasteiger partial charge on any atom is 0.418 e. The summed E-state index contributed by atoms with van der Waals surface area (Å²) in [6.45, 7) is 0. The molecule has 2 aromatic heterocycles. The lowest BCUT2D eigenvalue weighted by atomic mass is 9.97. The second-order valence-electron chi connectivity index (χ2n) is 6.90. The van der Waals surface area contributed by atoms with E-state index in [0.717, 1.165) is 0 Å². The number of hydrogen-bond acceptors (Lipinski definition) is 4. The molecule has 2 aromatic carbocycles. The van der Waals surface area contributed by atoms with Gasteiger partial charge in [-0.3, -0.25) is 9.36 Å². The van der Waals surface area contributed by atoms with Gasteiger partial charge in [0.25, 0.3) is 5.56 Å². The molecule has 162 valence electrons. The molecule has 0 atom stereocenters. The molecule has 0 fully saturated rings. The minimum Gasteiger partial charge on any atom is -0.477 e. The third-order valence-electron chi connectivity index (χ3n) is 4.90. The van der Waals surface area contributed by atoms with Crippen LogP contribution in [0.15, 0.2) is 71.8 Å². The number of benzene rings is 2. The maximum absolute atomic E-state index is 13.6. The molecular formula is C22H15F3N4O3. The fraction of sp³-hybridized carbons (Fsp3) is 0.0909. The van der Waals surface area contributed by atoms with Crippen molar-refractivity contribution in [3.63, 3.8) is 0 Å². The smallest absolute Gasteiger partial charge is 0.418 e. The first kappa shape index (κ1) is 21.0. The Morgan fingerprint density at radius 3 is 2.31 bits per heavy atom. The van der Waals surface area contributed by atoms with Gasteiger partial charge in [0.1, 0.15) is 12.0 Å². The molecule has 4 rings (SSSR count). The van der Waals surface area contributed by atoms with Crippen molar-refractivity contribution in [1.82, 2.24) is 19.3 Å². The Morgan fingerprint density at radius 2 is 1.72 bits per heavy atom. The van der Waals surface area contributed by atoms with E-state index in [1.807, 2.05) is 0 Å². The van der Waals surface area contributed by atoms with Gasteiger partial charge >= 0.3 is 12.1 Å². The van der Waals surface area contributed by atoms with Crippen molar-refractivity contribution in [3.05, 3.63) is 88.6 Å². The van der Waals surface area contributed by atoms with Crippen molar-refractivity contribution in [3.8, 4) is 28.2 Å². The molecule has 10 heteroatoms. The minimum atomic E-state index is -4.98. The largest absolute Gasteiger partial charge is 0.477 e. The lowest BCUT2D eigenvalue weighted by Gasteiger charge is -2.20. The molecule has 0 saturated carbocycles. The number of nitrogens with zero attached hydrogens (tertiary/aromatic N) is 4. The molecule has 0 aliphatic heterocycles. The molecule has 0 bridgehead atoms. The number of pyridine rings is 1. The predicted octanol–water partition coefficient (Wildman–Crippen LogP) is 4.02. The highest BCUT2D eigenvalue weighted by Crippen LogP contribution is 2.37. The number of hydrogen-bond donors (Lipinski definition) is 1. The maximum atomic E-state index is 13.6. The summed E-state index contributed by atoms with van der Waals surface area (Å²) in [6.07, 6.45) is -3.58. The zero-order valence-corrected chi connectivity index (χ0v) is 16.5. The molecule has 32 heavy (non-hydrogen) atoms. The van der Waals surface area contributed by atoms with Crippen molar-refractivity contribution >= 4 is 5.97 Å². The van der Waals surface area contributed by atoms with Crippen LogP contribution in [-0.2, 0) is 13.2 Å². The molecule has 0 aliphatic carbocycles. The van der Waals surface area contributed by atoms with Crippen LogP contribution < -0.4 is 5.56 Å². The minimum absolute atomic E-state index is 0.0593. The van der Waals surface area contributed by atoms with E-state index in [1.54, 1.807) is 43.4 Å². The average Bonchev–Trinajstić information content (AvgIpc) is 3.18. The number of aromatic nitrogens is 4. The van der Waals surface area contributed by atoms with Crippen LogP contribution in [0.1, 0.15) is 16.1 Å². The molecular weight excluding hydrogens is 425 g/mol. The number of halogens is 3. The first-order valence-corrected chi connectivity index (χ1v) is 9.30. The number of rotatable bonds is 4. The fourth-order valence-electron chi connectivity index (χ4n) is 3.55. The Hall–Kier alpha value is -4.21. The Bertz CT molecular complexity index is 1380. The highest BCUT2D eigenvalue weighted by Gasteiger charge is 2.38. The van der Waals surface area contributed by atoms with Crippen LogP contribution in [-0.4, -0.2) is 30.4 Å². The summed E-state index contributed by atoms with van der Waals surface area (Å²) in [5.74, 6) is -1.64. The van der Waals surface area contributed by atoms with E-state index >= 15 is 0 Å². The van der Waals surface area contributed by atoms with Crippen LogP contribution in [0.4, 0.5) is 13.2 Å². The quantitative estimate of drug-likeness (QED) is 0.518. The number of alkyl halides is 3. The van der Waals surface area contributed by atoms with Crippen molar-refractivity contribution in [2.24, 2.45) is 7.05 Å². The Kier molecular flexibility index (Phi) is 5.13. The third kappa shape index (κ3) is 3.55. The molecule has 0 saturated heterocycles. The molecule has 0 unspecified atom stereocenters. The van der Waals surface area contributed by atoms with Gasteiger partial charge < -0.3 is 9.67 Å². The van der Waals surface area contributed by atoms with Gasteiger partial charge in [0, 0.05) is 13.1 Å². The van der Waals surface area contributed by atoms with Crippen molar-refractivity contribution in [2.75, 3.05) is 0 Å². The van der Waals surface area contributed by atoms with Gasteiger partial charge in [0.15, 0.2) is 5.82 Å². The summed E-state index contributed by atoms with van der Waals surface area (Å²) in [4.78, 5) is 24.7. The van der Waals surface area contributed by atoms with E-state index in [4.69, 9.17) is 0 Å². The van der Waals surface area contributed by atoms with Crippen LogP contribution in [0.25, 0.3) is 28.2 Å². The zero-order chi connectivity index (χ0) is 23.0. The average molecular weight is 440 g/mol. The lowest BCUT2D eigenvalue weighted by molar-refractivity contribution is -0.138. The fourth-order valence-corrected chi connectivity index (χ4v) is 3.55. The van der Waals surface area contributed by atoms with Gasteiger partial charge in [-0.1, -0.05) is 42.5 Å². The summed E-state index contributed by atoms with van der Waals surface area (Å²) in [7, 11) is 1.63. The number of aromatic carboxylic acids is 1. The molecule has 0 radical (unpaired) electrons. The molecule has 0 amide bonds. The van der Waals surface area contributed by atoms with Gasteiger partial charge in [-0.2, -0.15) is 13.2 Å². The van der Waals surface area contributed by atoms with Gasteiger partial charge in [-0.25, -0.2) is 4.79 Å². The Labute approximate surface area is 179 Å². The number of carboxylic acid groups (broad SMARTS) is 1. The first-order valence-electron chi connectivity index (χ1n) is 9.30. The number of carboxylic acids is 1. The van der Waals surface area contributed by atoms with Crippen molar-refractivity contribution in [2.45, 2.75) is 6.18 Å². The SMILES string of the molecule is Cn1cnnc1-c1c(-c2ccccc2)cccc1-n1c(C(=O)O)c(C(F)(F)F)ccc1=O. The van der Waals surface area contributed by atoms with Gasteiger partial charge in [0.2, 0.25) is 0 Å². The molecule has 2 heterocycles. The van der Waals surface area contributed by atoms with Crippen LogP contribution in [0, 0.1) is 0 Å². The molecule has 7 nitrogen and oxygen atoms in total. The normalized spacial score (nSPS) is 11.5. The zero-order valence-electron chi connectivity index (χ0n) is 16.5. The second kappa shape index (κ2) is 7.80. The van der Waals surface area contributed by atoms with E-state index in [2.05, 4.69) is 10.2 Å². The van der Waals surface area contributed by atoms with Crippen molar-refractivity contribution < 1.29 is 23.1 Å². The van der Waals surface area contributed by atoms with E-state index in [0.29, 0.717) is 27.8 Å². The topological polar surface area (TPSA) is 90.0 Å². The lowest BCUT2D eigenvalue weighted by Crippen LogP contribution is -2.29. The molecule has 0 spiro atoms.